The van der Waals surface area contributed by atoms with Gasteiger partial charge in [0.15, 0.2) is 0 Å². The summed E-state index contributed by atoms with van der Waals surface area (Å²) in [5.41, 5.74) is 7.79. The molecule has 0 aliphatic heterocycles. The van der Waals surface area contributed by atoms with Crippen LogP contribution in [-0.4, -0.2) is 32.1 Å². The van der Waals surface area contributed by atoms with Crippen LogP contribution in [-0.2, 0) is 11.3 Å². The lowest BCUT2D eigenvalue weighted by atomic mass is 10.2. The predicted octanol–water partition coefficient (Wildman–Crippen LogP) is 4.34. The summed E-state index contributed by atoms with van der Waals surface area (Å²) in [6.07, 6.45) is 1.82. The topological polar surface area (TPSA) is 112 Å². The van der Waals surface area contributed by atoms with Crippen molar-refractivity contribution in [2.45, 2.75) is 11.6 Å². The van der Waals surface area contributed by atoms with E-state index in [4.69, 9.17) is 21.9 Å². The molecule has 0 saturated heterocycles. The van der Waals surface area contributed by atoms with Gasteiger partial charge in [0, 0.05) is 5.56 Å². The van der Waals surface area contributed by atoms with E-state index in [1.54, 1.807) is 0 Å². The van der Waals surface area contributed by atoms with E-state index in [1.807, 2.05) is 36.6 Å². The van der Waals surface area contributed by atoms with Gasteiger partial charge in [-0.25, -0.2) is 9.07 Å². The van der Waals surface area contributed by atoms with Crippen molar-refractivity contribution >= 4 is 40.8 Å². The van der Waals surface area contributed by atoms with Gasteiger partial charge in [-0.3, -0.25) is 4.79 Å². The highest BCUT2D eigenvalue weighted by Gasteiger charge is 2.24. The summed E-state index contributed by atoms with van der Waals surface area (Å²) in [5.74, 6) is -0.110. The summed E-state index contributed by atoms with van der Waals surface area (Å²) in [7, 11) is 0. The molecular formula is C20H16ClFN6O2S. The first-order chi connectivity index (χ1) is 15.0. The molecule has 0 unspecified atom stereocenters. The molecule has 0 bridgehead atoms. The molecule has 158 valence electrons. The van der Waals surface area contributed by atoms with Crippen molar-refractivity contribution in [3.8, 4) is 22.8 Å². The van der Waals surface area contributed by atoms with Gasteiger partial charge >= 0.3 is 0 Å². The van der Waals surface area contributed by atoms with Gasteiger partial charge in [0.1, 0.15) is 28.8 Å². The van der Waals surface area contributed by atoms with Gasteiger partial charge in [-0.05, 0) is 24.5 Å². The molecule has 0 aliphatic carbocycles. The molecule has 2 aromatic carbocycles. The quantitative estimate of drug-likeness (QED) is 0.413. The number of benzene rings is 2. The zero-order chi connectivity index (χ0) is 22.0. The van der Waals surface area contributed by atoms with Gasteiger partial charge in [0.2, 0.25) is 11.7 Å². The number of anilines is 2. The van der Waals surface area contributed by atoms with Crippen molar-refractivity contribution in [1.82, 2.24) is 19.9 Å². The minimum absolute atomic E-state index is 0.0894. The Morgan fingerprint density at radius 1 is 1.29 bits per heavy atom. The fourth-order valence-corrected chi connectivity index (χ4v) is 3.65. The van der Waals surface area contributed by atoms with Crippen molar-refractivity contribution in [1.29, 1.82) is 0 Å². The molecule has 0 spiro atoms. The number of nitrogens with two attached hydrogens (primary N) is 1. The first kappa shape index (κ1) is 20.9. The Morgan fingerprint density at radius 3 is 2.77 bits per heavy atom. The first-order valence-corrected chi connectivity index (χ1v) is 10.6. The van der Waals surface area contributed by atoms with E-state index >= 15 is 0 Å². The Balaban J connectivity index is 1.59. The van der Waals surface area contributed by atoms with Crippen LogP contribution < -0.4 is 11.1 Å². The number of amides is 1. The Bertz CT molecular complexity index is 1240. The molecule has 4 rings (SSSR count). The molecular weight excluding hydrogens is 443 g/mol. The predicted molar refractivity (Wildman–Crippen MR) is 117 cm³/mol. The summed E-state index contributed by atoms with van der Waals surface area (Å²) in [6, 6.07) is 13.1. The van der Waals surface area contributed by atoms with E-state index in [9.17, 15) is 9.18 Å². The van der Waals surface area contributed by atoms with Crippen LogP contribution in [0.2, 0.25) is 5.02 Å². The zero-order valence-corrected chi connectivity index (χ0v) is 17.7. The number of thioether (sulfide) groups is 1. The molecule has 8 nitrogen and oxygen atoms in total. The highest BCUT2D eigenvalue weighted by atomic mass is 35.5. The molecule has 0 atom stereocenters. The van der Waals surface area contributed by atoms with Gasteiger partial charge in [-0.15, -0.1) is 11.8 Å². The second-order valence-electron chi connectivity index (χ2n) is 6.39. The van der Waals surface area contributed by atoms with Crippen LogP contribution in [0.1, 0.15) is 0 Å². The number of halogens is 2. The molecule has 2 aromatic heterocycles. The molecule has 3 N–H and O–H groups in total. The minimum atomic E-state index is -0.497. The molecule has 2 heterocycles. The lowest BCUT2D eigenvalue weighted by molar-refractivity contribution is -0.116. The summed E-state index contributed by atoms with van der Waals surface area (Å²) in [5, 5.41) is 11.6. The maximum Gasteiger partial charge on any atom is 0.264 e. The van der Waals surface area contributed by atoms with Crippen molar-refractivity contribution < 1.29 is 13.7 Å². The number of hydrogen-bond acceptors (Lipinski definition) is 7. The van der Waals surface area contributed by atoms with Crippen LogP contribution in [0.5, 0.6) is 0 Å². The minimum Gasteiger partial charge on any atom is -0.383 e. The monoisotopic (exact) mass is 458 g/mol. The number of nitrogens with zero attached hydrogens (tertiary/aromatic N) is 4. The lowest BCUT2D eigenvalue weighted by Crippen LogP contribution is -2.20. The van der Waals surface area contributed by atoms with E-state index < -0.39 is 11.7 Å². The van der Waals surface area contributed by atoms with Crippen LogP contribution in [0.15, 0.2) is 58.1 Å². The number of rotatable bonds is 6. The number of nitrogen functional groups attached to an aromatic ring is 1. The first-order valence-electron chi connectivity index (χ1n) is 9.01. The molecule has 31 heavy (non-hydrogen) atoms. The Morgan fingerprint density at radius 2 is 2.06 bits per heavy atom. The Kier molecular flexibility index (Phi) is 5.92. The van der Waals surface area contributed by atoms with E-state index in [0.717, 1.165) is 11.6 Å². The van der Waals surface area contributed by atoms with Gasteiger partial charge in [0.05, 0.1) is 10.7 Å². The van der Waals surface area contributed by atoms with Gasteiger partial charge in [-0.1, -0.05) is 47.1 Å². The average molecular weight is 459 g/mol. The van der Waals surface area contributed by atoms with Crippen molar-refractivity contribution in [3.05, 3.63) is 59.4 Å². The fraction of sp³-hybridized carbons (Fsp3) is 0.100. The van der Waals surface area contributed by atoms with Crippen molar-refractivity contribution in [2.24, 2.45) is 0 Å². The Hall–Kier alpha value is -3.37. The SMILES string of the molecule is CSc1nn(CC(=O)Nc2ccc(F)cc2Cl)c(N)c1-c1nc(-c2ccccc2)no1. The highest BCUT2D eigenvalue weighted by Crippen LogP contribution is 2.35. The second-order valence-corrected chi connectivity index (χ2v) is 7.59. The number of aromatic nitrogens is 4. The van der Waals surface area contributed by atoms with Crippen LogP contribution in [0.4, 0.5) is 15.9 Å². The summed E-state index contributed by atoms with van der Waals surface area (Å²) < 4.78 is 19.9. The normalized spacial score (nSPS) is 10.9. The summed E-state index contributed by atoms with van der Waals surface area (Å²) in [4.78, 5) is 16.9. The molecule has 1 amide bonds. The molecule has 4 aromatic rings. The number of hydrogen-bond donors (Lipinski definition) is 2. The lowest BCUT2D eigenvalue weighted by Gasteiger charge is -2.08. The van der Waals surface area contributed by atoms with Gasteiger partial charge in [0.25, 0.3) is 5.89 Å². The van der Waals surface area contributed by atoms with Gasteiger partial charge < -0.3 is 15.6 Å². The number of nitrogens with one attached hydrogen (secondary N) is 1. The molecule has 0 radical (unpaired) electrons. The van der Waals surface area contributed by atoms with E-state index in [-0.39, 0.29) is 29.0 Å². The third-order valence-electron chi connectivity index (χ3n) is 4.32. The maximum atomic E-state index is 13.2. The zero-order valence-electron chi connectivity index (χ0n) is 16.2. The fourth-order valence-electron chi connectivity index (χ4n) is 2.86. The highest BCUT2D eigenvalue weighted by molar-refractivity contribution is 7.98. The smallest absolute Gasteiger partial charge is 0.264 e. The number of carbonyl (C=O) groups excluding carboxylic acids is 1. The Labute approximate surface area is 185 Å². The molecule has 0 saturated carbocycles. The summed E-state index contributed by atoms with van der Waals surface area (Å²) >= 11 is 7.29. The molecule has 11 heteroatoms. The van der Waals surface area contributed by atoms with E-state index in [1.165, 1.54) is 28.6 Å². The number of carbonyl (C=O) groups is 1. The van der Waals surface area contributed by atoms with Crippen molar-refractivity contribution in [2.75, 3.05) is 17.3 Å². The third-order valence-corrected chi connectivity index (χ3v) is 5.31. The maximum absolute atomic E-state index is 13.2. The largest absolute Gasteiger partial charge is 0.383 e. The second kappa shape index (κ2) is 8.78. The van der Waals surface area contributed by atoms with E-state index in [2.05, 4.69) is 20.6 Å². The summed E-state index contributed by atoms with van der Waals surface area (Å²) in [6.45, 7) is -0.188. The molecule has 0 fully saturated rings. The van der Waals surface area contributed by atoms with Crippen molar-refractivity contribution in [3.63, 3.8) is 0 Å². The van der Waals surface area contributed by atoms with Crippen LogP contribution in [0, 0.1) is 5.82 Å². The molecule has 0 aliphatic rings. The van der Waals surface area contributed by atoms with E-state index in [0.29, 0.717) is 16.4 Å². The van der Waals surface area contributed by atoms with Crippen LogP contribution >= 0.6 is 23.4 Å². The van der Waals surface area contributed by atoms with Crippen LogP contribution in [0.3, 0.4) is 0 Å². The standard InChI is InChI=1S/C20H16ClFN6O2S/c1-31-20-16(19-25-18(27-30-19)11-5-3-2-4-6-11)17(23)28(26-20)10-15(29)24-14-8-7-12(22)9-13(14)21/h2-9H,10,23H2,1H3,(H,24,29). The van der Waals surface area contributed by atoms with Crippen LogP contribution in [0.25, 0.3) is 22.8 Å². The van der Waals surface area contributed by atoms with Gasteiger partial charge in [-0.2, -0.15) is 10.1 Å². The third kappa shape index (κ3) is 4.39. The average Bonchev–Trinajstić information content (AvgIpc) is 3.35.